The summed E-state index contributed by atoms with van der Waals surface area (Å²) in [5, 5.41) is 6.85. The van der Waals surface area contributed by atoms with Gasteiger partial charge in [-0.25, -0.2) is 0 Å². The van der Waals surface area contributed by atoms with E-state index in [1.165, 1.54) is 4.68 Å². The quantitative estimate of drug-likeness (QED) is 0.796. The van der Waals surface area contributed by atoms with Crippen molar-refractivity contribution in [2.75, 3.05) is 12.4 Å². The Morgan fingerprint density at radius 3 is 2.60 bits per heavy atom. The molecule has 0 atom stereocenters. The molecule has 0 aliphatic heterocycles. The summed E-state index contributed by atoms with van der Waals surface area (Å²) < 4.78 is 1.37. The predicted octanol–water partition coefficient (Wildman–Crippen LogP) is 1.27. The number of hydrogen-bond acceptors (Lipinski definition) is 3. The van der Waals surface area contributed by atoms with Crippen molar-refractivity contribution in [3.8, 4) is 5.69 Å². The van der Waals surface area contributed by atoms with E-state index in [0.717, 1.165) is 5.69 Å². The molecule has 0 bridgehead atoms. The molecular formula is C11H11N3O. The maximum absolute atomic E-state index is 11.8. The van der Waals surface area contributed by atoms with Gasteiger partial charge in [-0.3, -0.25) is 4.79 Å². The number of rotatable bonds is 2. The van der Waals surface area contributed by atoms with Crippen molar-refractivity contribution in [1.82, 2.24) is 9.78 Å². The standard InChI is InChI=1S/C11H11N3O/c1-12-10-7-8-13-14(11(10)15)9-5-3-2-4-6-9/h2-8,12H,1H3. The summed E-state index contributed by atoms with van der Waals surface area (Å²) in [6, 6.07) is 11.0. The first-order valence-electron chi connectivity index (χ1n) is 4.64. The van der Waals surface area contributed by atoms with Crippen LogP contribution in [0, 0.1) is 0 Å². The summed E-state index contributed by atoms with van der Waals surface area (Å²) in [5.74, 6) is 0. The van der Waals surface area contributed by atoms with Crippen LogP contribution in [0.25, 0.3) is 5.69 Å². The zero-order chi connectivity index (χ0) is 10.7. The Bertz CT molecular complexity index is 505. The summed E-state index contributed by atoms with van der Waals surface area (Å²) in [4.78, 5) is 11.8. The molecule has 1 N–H and O–H groups in total. The molecule has 2 rings (SSSR count). The number of nitrogens with one attached hydrogen (secondary N) is 1. The van der Waals surface area contributed by atoms with Gasteiger partial charge in [0.1, 0.15) is 5.69 Å². The number of nitrogens with zero attached hydrogens (tertiary/aromatic N) is 2. The molecule has 4 nitrogen and oxygen atoms in total. The highest BCUT2D eigenvalue weighted by Crippen LogP contribution is 2.03. The SMILES string of the molecule is CNc1ccnn(-c2ccccc2)c1=O. The van der Waals surface area contributed by atoms with Gasteiger partial charge in [0.15, 0.2) is 0 Å². The Kier molecular flexibility index (Phi) is 2.49. The number of aromatic nitrogens is 2. The fourth-order valence-corrected chi connectivity index (χ4v) is 1.36. The lowest BCUT2D eigenvalue weighted by molar-refractivity contribution is 0.809. The first-order valence-corrected chi connectivity index (χ1v) is 4.64. The molecule has 0 aliphatic carbocycles. The van der Waals surface area contributed by atoms with E-state index < -0.39 is 0 Å². The molecular weight excluding hydrogens is 190 g/mol. The molecule has 76 valence electrons. The summed E-state index contributed by atoms with van der Waals surface area (Å²) in [6.07, 6.45) is 1.60. The average molecular weight is 201 g/mol. The van der Waals surface area contributed by atoms with E-state index in [4.69, 9.17) is 0 Å². The second kappa shape index (κ2) is 3.96. The van der Waals surface area contributed by atoms with Crippen LogP contribution in [0.4, 0.5) is 5.69 Å². The predicted molar refractivity (Wildman–Crippen MR) is 59.4 cm³/mol. The van der Waals surface area contributed by atoms with Crippen molar-refractivity contribution in [3.05, 3.63) is 52.9 Å². The molecule has 0 fully saturated rings. The van der Waals surface area contributed by atoms with Gasteiger partial charge in [-0.15, -0.1) is 0 Å². The lowest BCUT2D eigenvalue weighted by Crippen LogP contribution is -2.22. The summed E-state index contributed by atoms with van der Waals surface area (Å²) in [5.41, 5.74) is 1.15. The van der Waals surface area contributed by atoms with E-state index in [1.54, 1.807) is 19.3 Å². The molecule has 0 saturated carbocycles. The van der Waals surface area contributed by atoms with Crippen LogP contribution < -0.4 is 10.9 Å². The van der Waals surface area contributed by atoms with Gasteiger partial charge in [0.25, 0.3) is 5.56 Å². The minimum atomic E-state index is -0.147. The molecule has 4 heteroatoms. The highest BCUT2D eigenvalue weighted by molar-refractivity contribution is 5.41. The molecule has 1 aromatic carbocycles. The van der Waals surface area contributed by atoms with Crippen LogP contribution in [0.2, 0.25) is 0 Å². The van der Waals surface area contributed by atoms with Gasteiger partial charge < -0.3 is 5.32 Å². The third-order valence-corrected chi connectivity index (χ3v) is 2.12. The van der Waals surface area contributed by atoms with Gasteiger partial charge in [0, 0.05) is 7.05 Å². The van der Waals surface area contributed by atoms with E-state index in [9.17, 15) is 4.79 Å². The Morgan fingerprint density at radius 2 is 1.93 bits per heavy atom. The zero-order valence-electron chi connectivity index (χ0n) is 8.34. The normalized spacial score (nSPS) is 9.93. The first-order chi connectivity index (χ1) is 7.33. The second-order valence-corrected chi connectivity index (χ2v) is 3.05. The molecule has 15 heavy (non-hydrogen) atoms. The van der Waals surface area contributed by atoms with Gasteiger partial charge in [0.2, 0.25) is 0 Å². The summed E-state index contributed by atoms with van der Waals surface area (Å²) in [7, 11) is 1.71. The fraction of sp³-hybridized carbons (Fsp3) is 0.0909. The molecule has 2 aromatic rings. The fourth-order valence-electron chi connectivity index (χ4n) is 1.36. The Labute approximate surface area is 87.2 Å². The summed E-state index contributed by atoms with van der Waals surface area (Å²) >= 11 is 0. The van der Waals surface area contributed by atoms with Crippen molar-refractivity contribution >= 4 is 5.69 Å². The van der Waals surface area contributed by atoms with E-state index >= 15 is 0 Å². The highest BCUT2D eigenvalue weighted by Gasteiger charge is 2.03. The van der Waals surface area contributed by atoms with Crippen LogP contribution in [0.15, 0.2) is 47.4 Å². The molecule has 0 amide bonds. The third kappa shape index (κ3) is 1.74. The smallest absolute Gasteiger partial charge is 0.294 e. The zero-order valence-corrected chi connectivity index (χ0v) is 8.34. The molecule has 0 spiro atoms. The molecule has 0 aliphatic rings. The van der Waals surface area contributed by atoms with Crippen LogP contribution in [0.3, 0.4) is 0 Å². The Morgan fingerprint density at radius 1 is 1.20 bits per heavy atom. The number of hydrogen-bond donors (Lipinski definition) is 1. The molecule has 0 unspecified atom stereocenters. The average Bonchev–Trinajstić information content (AvgIpc) is 2.30. The lowest BCUT2D eigenvalue weighted by atomic mass is 10.3. The van der Waals surface area contributed by atoms with Crippen molar-refractivity contribution in [1.29, 1.82) is 0 Å². The minimum absolute atomic E-state index is 0.147. The Balaban J connectivity index is 2.60. The molecule has 0 saturated heterocycles. The number of anilines is 1. The van der Waals surface area contributed by atoms with Gasteiger partial charge >= 0.3 is 0 Å². The van der Waals surface area contributed by atoms with Crippen LogP contribution >= 0.6 is 0 Å². The first kappa shape index (κ1) is 9.45. The lowest BCUT2D eigenvalue weighted by Gasteiger charge is -2.05. The minimum Gasteiger partial charge on any atom is -0.384 e. The highest BCUT2D eigenvalue weighted by atomic mass is 16.1. The maximum atomic E-state index is 11.8. The second-order valence-electron chi connectivity index (χ2n) is 3.05. The van der Waals surface area contributed by atoms with Crippen LogP contribution in [-0.4, -0.2) is 16.8 Å². The molecule has 0 radical (unpaired) electrons. The van der Waals surface area contributed by atoms with E-state index in [1.807, 2.05) is 30.3 Å². The van der Waals surface area contributed by atoms with E-state index in [-0.39, 0.29) is 5.56 Å². The van der Waals surface area contributed by atoms with Crippen molar-refractivity contribution in [2.45, 2.75) is 0 Å². The number of para-hydroxylation sites is 1. The van der Waals surface area contributed by atoms with Crippen molar-refractivity contribution in [3.63, 3.8) is 0 Å². The van der Waals surface area contributed by atoms with Gasteiger partial charge in [-0.1, -0.05) is 18.2 Å². The summed E-state index contributed by atoms with van der Waals surface area (Å²) in [6.45, 7) is 0. The molecule has 1 heterocycles. The largest absolute Gasteiger partial charge is 0.384 e. The van der Waals surface area contributed by atoms with Crippen LogP contribution in [0.5, 0.6) is 0 Å². The topological polar surface area (TPSA) is 46.9 Å². The monoisotopic (exact) mass is 201 g/mol. The Hall–Kier alpha value is -2.10. The maximum Gasteiger partial charge on any atom is 0.294 e. The van der Waals surface area contributed by atoms with E-state index in [0.29, 0.717) is 5.69 Å². The van der Waals surface area contributed by atoms with Crippen molar-refractivity contribution in [2.24, 2.45) is 0 Å². The van der Waals surface area contributed by atoms with Crippen molar-refractivity contribution < 1.29 is 0 Å². The van der Waals surface area contributed by atoms with Crippen LogP contribution in [-0.2, 0) is 0 Å². The number of benzene rings is 1. The third-order valence-electron chi connectivity index (χ3n) is 2.12. The van der Waals surface area contributed by atoms with Gasteiger partial charge in [0.05, 0.1) is 11.9 Å². The van der Waals surface area contributed by atoms with Crippen LogP contribution in [0.1, 0.15) is 0 Å². The van der Waals surface area contributed by atoms with Gasteiger partial charge in [-0.2, -0.15) is 9.78 Å². The van der Waals surface area contributed by atoms with Gasteiger partial charge in [-0.05, 0) is 18.2 Å². The molecule has 1 aromatic heterocycles. The van der Waals surface area contributed by atoms with E-state index in [2.05, 4.69) is 10.4 Å².